The molecule has 0 spiro atoms. The minimum atomic E-state index is -0.230. The highest BCUT2D eigenvalue weighted by atomic mass is 16.6. The molecule has 0 radical (unpaired) electrons. The van der Waals surface area contributed by atoms with Gasteiger partial charge in [-0.2, -0.15) is 0 Å². The molecule has 1 unspecified atom stereocenters. The number of likely N-dealkylation sites (tertiary alicyclic amines) is 1. The second-order valence-corrected chi connectivity index (χ2v) is 6.98. The lowest BCUT2D eigenvalue weighted by Gasteiger charge is -2.32. The Balaban J connectivity index is 1.63. The molecular formula is C20H30N2O4. The lowest BCUT2D eigenvalue weighted by Crippen LogP contribution is -2.40. The molecule has 1 aromatic rings. The van der Waals surface area contributed by atoms with Crippen molar-refractivity contribution < 1.29 is 19.1 Å². The van der Waals surface area contributed by atoms with Crippen molar-refractivity contribution in [2.75, 3.05) is 40.4 Å². The van der Waals surface area contributed by atoms with Crippen LogP contribution in [0.2, 0.25) is 0 Å². The van der Waals surface area contributed by atoms with E-state index in [2.05, 4.69) is 0 Å². The van der Waals surface area contributed by atoms with Crippen LogP contribution >= 0.6 is 0 Å². The number of benzene rings is 1. The van der Waals surface area contributed by atoms with E-state index in [-0.39, 0.29) is 18.6 Å². The molecule has 0 saturated carbocycles. The van der Waals surface area contributed by atoms with Gasteiger partial charge in [-0.25, -0.2) is 4.79 Å². The summed E-state index contributed by atoms with van der Waals surface area (Å²) in [6.07, 6.45) is 3.80. The highest BCUT2D eigenvalue weighted by molar-refractivity contribution is 5.76. The van der Waals surface area contributed by atoms with Crippen molar-refractivity contribution in [3.05, 3.63) is 35.9 Å². The highest BCUT2D eigenvalue weighted by Crippen LogP contribution is 2.21. The Morgan fingerprint density at radius 2 is 2.00 bits per heavy atom. The Morgan fingerprint density at radius 1 is 1.23 bits per heavy atom. The van der Waals surface area contributed by atoms with Crippen LogP contribution in [0.3, 0.4) is 0 Å². The van der Waals surface area contributed by atoms with Gasteiger partial charge in [0.05, 0.1) is 0 Å². The maximum atomic E-state index is 12.3. The Hall–Kier alpha value is -2.08. The quantitative estimate of drug-likeness (QED) is 0.667. The predicted octanol–water partition coefficient (Wildman–Crippen LogP) is 2.92. The minimum Gasteiger partial charge on any atom is -0.445 e. The van der Waals surface area contributed by atoms with Gasteiger partial charge in [0.15, 0.2) is 0 Å². The summed E-state index contributed by atoms with van der Waals surface area (Å²) in [5, 5.41) is 0. The number of rotatable bonds is 8. The fourth-order valence-electron chi connectivity index (χ4n) is 3.04. The number of likely N-dealkylation sites (N-methyl/N-ethyl adjacent to an activating group) is 1. The number of piperidine rings is 1. The summed E-state index contributed by atoms with van der Waals surface area (Å²) in [5.74, 6) is 0.455. The number of nitrogens with zero attached hydrogens (tertiary/aromatic N) is 2. The van der Waals surface area contributed by atoms with E-state index in [1.807, 2.05) is 35.2 Å². The zero-order valence-electron chi connectivity index (χ0n) is 15.9. The summed E-state index contributed by atoms with van der Waals surface area (Å²) >= 11 is 0. The average molecular weight is 362 g/mol. The van der Waals surface area contributed by atoms with Crippen molar-refractivity contribution in [3.8, 4) is 0 Å². The molecule has 0 aromatic heterocycles. The second-order valence-electron chi connectivity index (χ2n) is 6.98. The van der Waals surface area contributed by atoms with Gasteiger partial charge >= 0.3 is 6.09 Å². The smallest absolute Gasteiger partial charge is 0.410 e. The first-order chi connectivity index (χ1) is 12.6. The summed E-state index contributed by atoms with van der Waals surface area (Å²) in [7, 11) is 3.44. The first-order valence-electron chi connectivity index (χ1n) is 9.30. The fourth-order valence-corrected chi connectivity index (χ4v) is 3.04. The number of carbonyl (C=O) groups excluding carboxylic acids is 2. The molecule has 6 heteroatoms. The molecule has 1 atom stereocenters. The molecule has 26 heavy (non-hydrogen) atoms. The van der Waals surface area contributed by atoms with Crippen LogP contribution < -0.4 is 0 Å². The first kappa shape index (κ1) is 20.2. The second kappa shape index (κ2) is 10.8. The Labute approximate surface area is 156 Å². The molecule has 0 bridgehead atoms. The van der Waals surface area contributed by atoms with Gasteiger partial charge in [0.1, 0.15) is 13.2 Å². The van der Waals surface area contributed by atoms with Crippen LogP contribution in [0.25, 0.3) is 0 Å². The van der Waals surface area contributed by atoms with E-state index in [4.69, 9.17) is 9.47 Å². The first-order valence-corrected chi connectivity index (χ1v) is 9.30. The van der Waals surface area contributed by atoms with Crippen molar-refractivity contribution in [1.82, 2.24) is 9.80 Å². The predicted molar refractivity (Wildman–Crippen MR) is 99.7 cm³/mol. The molecule has 1 aliphatic rings. The van der Waals surface area contributed by atoms with Crippen LogP contribution in [0.4, 0.5) is 4.79 Å². The van der Waals surface area contributed by atoms with Crippen LogP contribution in [0.15, 0.2) is 30.3 Å². The van der Waals surface area contributed by atoms with E-state index in [0.717, 1.165) is 44.3 Å². The van der Waals surface area contributed by atoms with Crippen LogP contribution in [-0.4, -0.2) is 62.2 Å². The maximum Gasteiger partial charge on any atom is 0.410 e. The third-order valence-corrected chi connectivity index (χ3v) is 4.61. The van der Waals surface area contributed by atoms with Gasteiger partial charge in [-0.3, -0.25) is 4.79 Å². The number of hydrogen-bond donors (Lipinski definition) is 0. The minimum absolute atomic E-state index is 0.0185. The molecule has 2 amide bonds. The van der Waals surface area contributed by atoms with E-state index in [9.17, 15) is 9.59 Å². The van der Waals surface area contributed by atoms with Crippen molar-refractivity contribution in [2.45, 2.75) is 32.3 Å². The highest BCUT2D eigenvalue weighted by Gasteiger charge is 2.24. The Bertz CT molecular complexity index is 562. The lowest BCUT2D eigenvalue weighted by molar-refractivity contribution is -0.133. The van der Waals surface area contributed by atoms with E-state index in [0.29, 0.717) is 19.1 Å². The normalized spacial score (nSPS) is 17.0. The van der Waals surface area contributed by atoms with E-state index >= 15 is 0 Å². The van der Waals surface area contributed by atoms with Gasteiger partial charge in [0.2, 0.25) is 5.91 Å². The lowest BCUT2D eigenvalue weighted by atomic mass is 9.94. The van der Waals surface area contributed by atoms with Crippen molar-refractivity contribution in [1.29, 1.82) is 0 Å². The molecule has 6 nitrogen and oxygen atoms in total. The molecule has 1 aliphatic heterocycles. The van der Waals surface area contributed by atoms with Crippen molar-refractivity contribution in [2.24, 2.45) is 5.92 Å². The molecular weight excluding hydrogens is 332 g/mol. The average Bonchev–Trinajstić information content (AvgIpc) is 2.66. The summed E-state index contributed by atoms with van der Waals surface area (Å²) in [6.45, 7) is 2.53. The largest absolute Gasteiger partial charge is 0.445 e. The number of hydrogen-bond acceptors (Lipinski definition) is 4. The van der Waals surface area contributed by atoms with Gasteiger partial charge in [-0.1, -0.05) is 30.3 Å². The van der Waals surface area contributed by atoms with Gasteiger partial charge in [-0.05, 0) is 37.2 Å². The number of amides is 2. The topological polar surface area (TPSA) is 59.1 Å². The van der Waals surface area contributed by atoms with Crippen LogP contribution in [0, 0.1) is 5.92 Å². The van der Waals surface area contributed by atoms with Crippen LogP contribution in [0.5, 0.6) is 0 Å². The molecule has 1 saturated heterocycles. The van der Waals surface area contributed by atoms with Gasteiger partial charge < -0.3 is 19.3 Å². The number of carbonyl (C=O) groups is 2. The molecule has 1 aromatic carbocycles. The number of ether oxygens (including phenoxy) is 2. The van der Waals surface area contributed by atoms with Crippen LogP contribution in [0.1, 0.15) is 31.2 Å². The molecule has 1 heterocycles. The summed E-state index contributed by atoms with van der Waals surface area (Å²) in [4.78, 5) is 27.0. The third kappa shape index (κ3) is 7.04. The molecule has 1 fully saturated rings. The van der Waals surface area contributed by atoms with Gasteiger partial charge in [-0.15, -0.1) is 0 Å². The summed E-state index contributed by atoms with van der Waals surface area (Å²) < 4.78 is 10.8. The fraction of sp³-hybridized carbons (Fsp3) is 0.600. The zero-order valence-corrected chi connectivity index (χ0v) is 15.9. The molecule has 0 N–H and O–H groups in total. The summed E-state index contributed by atoms with van der Waals surface area (Å²) in [6, 6.07) is 9.73. The van der Waals surface area contributed by atoms with Crippen molar-refractivity contribution in [3.63, 3.8) is 0 Å². The zero-order chi connectivity index (χ0) is 18.8. The maximum absolute atomic E-state index is 12.3. The molecule has 2 rings (SSSR count). The molecule has 0 aliphatic carbocycles. The standard InChI is InChI=1S/C20H30N2O4/c1-21(2)19(23)16-25-13-7-11-17-10-6-12-22(14-17)20(24)26-15-18-8-4-3-5-9-18/h3-5,8-9,17H,6-7,10-16H2,1-2H3. The SMILES string of the molecule is CN(C)C(=O)COCCCC1CCCN(C(=O)OCc2ccccc2)C1. The monoisotopic (exact) mass is 362 g/mol. The summed E-state index contributed by atoms with van der Waals surface area (Å²) in [5.41, 5.74) is 0.999. The molecule has 144 valence electrons. The van der Waals surface area contributed by atoms with E-state index in [1.54, 1.807) is 14.1 Å². The van der Waals surface area contributed by atoms with Crippen molar-refractivity contribution >= 4 is 12.0 Å². The van der Waals surface area contributed by atoms with E-state index in [1.165, 1.54) is 4.90 Å². The Morgan fingerprint density at radius 3 is 2.73 bits per heavy atom. The third-order valence-electron chi connectivity index (χ3n) is 4.61. The van der Waals surface area contributed by atoms with Gasteiger partial charge in [0, 0.05) is 33.8 Å². The Kier molecular flexibility index (Phi) is 8.41. The van der Waals surface area contributed by atoms with Crippen LogP contribution in [-0.2, 0) is 20.9 Å². The van der Waals surface area contributed by atoms with Gasteiger partial charge in [0.25, 0.3) is 0 Å². The van der Waals surface area contributed by atoms with E-state index < -0.39 is 0 Å².